The summed E-state index contributed by atoms with van der Waals surface area (Å²) in [6.07, 6.45) is 42.1. The summed E-state index contributed by atoms with van der Waals surface area (Å²) in [7, 11) is 5.51. The second kappa shape index (κ2) is 37.5. The first-order valence-corrected chi connectivity index (χ1v) is 22.0. The van der Waals surface area contributed by atoms with Gasteiger partial charge in [-0.1, -0.05) is 166 Å². The maximum Gasteiger partial charge on any atom is 0.362 e. The first-order chi connectivity index (χ1) is 26.1. The second-order valence-electron chi connectivity index (χ2n) is 15.9. The van der Waals surface area contributed by atoms with Crippen LogP contribution in [0.25, 0.3) is 0 Å². The smallest absolute Gasteiger partial charge is 0.362 e. The largest absolute Gasteiger partial charge is 0.477 e. The van der Waals surface area contributed by atoms with Crippen molar-refractivity contribution in [2.45, 2.75) is 199 Å². The summed E-state index contributed by atoms with van der Waals surface area (Å²) in [5, 5.41) is 9.60. The molecule has 0 aromatic heterocycles. The molecule has 0 aliphatic carbocycles. The summed E-state index contributed by atoms with van der Waals surface area (Å²) < 4.78 is 17.2. The highest BCUT2D eigenvalue weighted by atomic mass is 16.6. The van der Waals surface area contributed by atoms with E-state index >= 15 is 0 Å². The van der Waals surface area contributed by atoms with Crippen molar-refractivity contribution in [1.29, 1.82) is 0 Å². The van der Waals surface area contributed by atoms with Crippen LogP contribution in [0.2, 0.25) is 0 Å². The molecule has 0 saturated heterocycles. The fourth-order valence-electron chi connectivity index (χ4n) is 6.41. The van der Waals surface area contributed by atoms with Crippen molar-refractivity contribution in [3.8, 4) is 0 Å². The summed E-state index contributed by atoms with van der Waals surface area (Å²) >= 11 is 0. The van der Waals surface area contributed by atoms with Crippen molar-refractivity contribution in [2.75, 3.05) is 41.0 Å². The lowest BCUT2D eigenvalue weighted by Gasteiger charge is -2.31. The average molecular weight is 763 g/mol. The molecule has 0 amide bonds. The van der Waals surface area contributed by atoms with Crippen molar-refractivity contribution in [3.63, 3.8) is 0 Å². The summed E-state index contributed by atoms with van der Waals surface area (Å²) in [6, 6.07) is -0.619. The zero-order valence-corrected chi connectivity index (χ0v) is 35.7. The molecule has 0 aliphatic rings. The fraction of sp³-hybridized carbons (Fsp3) is 0.804. The van der Waals surface area contributed by atoms with Crippen molar-refractivity contribution in [3.05, 3.63) is 36.5 Å². The molecule has 0 spiro atoms. The molecule has 0 fully saturated rings. The Morgan fingerprint density at radius 2 is 1.04 bits per heavy atom. The van der Waals surface area contributed by atoms with Gasteiger partial charge in [-0.3, -0.25) is 9.59 Å². The van der Waals surface area contributed by atoms with Crippen LogP contribution in [-0.4, -0.2) is 80.6 Å². The fourth-order valence-corrected chi connectivity index (χ4v) is 6.41. The minimum absolute atomic E-state index is 0.0478. The molecule has 1 N–H and O–H groups in total. The summed E-state index contributed by atoms with van der Waals surface area (Å²) in [6.45, 7) is 4.57. The topological polar surface area (TPSA) is 99.1 Å². The zero-order chi connectivity index (χ0) is 40.0. The second-order valence-corrected chi connectivity index (χ2v) is 15.9. The van der Waals surface area contributed by atoms with Gasteiger partial charge < -0.3 is 23.8 Å². The Balaban J connectivity index is 4.31. The number of hydrogen-bond acceptors (Lipinski definition) is 6. The summed E-state index contributed by atoms with van der Waals surface area (Å²) in [5.41, 5.74) is 0. The molecular weight excluding hydrogens is 679 g/mol. The summed E-state index contributed by atoms with van der Waals surface area (Å²) in [5.74, 6) is -1.53. The number of aliphatic carboxylic acids is 1. The Morgan fingerprint density at radius 1 is 0.574 bits per heavy atom. The predicted octanol–water partition coefficient (Wildman–Crippen LogP) is 11.9. The molecule has 314 valence electrons. The molecule has 0 radical (unpaired) electrons. The predicted molar refractivity (Wildman–Crippen MR) is 225 cm³/mol. The SMILES string of the molecule is CC/C=C/C/C=C/C/C=C/CCCC(=O)OCC(COCCC(C(=O)O)[N+](C)(C)C)OC(=O)CCCCCCCCCCCCCCCCCCCCC. The highest BCUT2D eigenvalue weighted by molar-refractivity contribution is 5.72. The van der Waals surface area contributed by atoms with E-state index < -0.39 is 18.1 Å². The molecule has 8 nitrogen and oxygen atoms in total. The van der Waals surface area contributed by atoms with Crippen LogP contribution in [-0.2, 0) is 28.6 Å². The molecule has 0 rings (SSSR count). The number of esters is 2. The molecule has 0 aliphatic heterocycles. The molecule has 2 unspecified atom stereocenters. The molecule has 54 heavy (non-hydrogen) atoms. The van der Waals surface area contributed by atoms with Crippen molar-refractivity contribution in [2.24, 2.45) is 0 Å². The lowest BCUT2D eigenvalue weighted by molar-refractivity contribution is -0.887. The van der Waals surface area contributed by atoms with Gasteiger partial charge in [0.25, 0.3) is 0 Å². The number of unbranched alkanes of at least 4 members (excludes halogenated alkanes) is 19. The summed E-state index contributed by atoms with van der Waals surface area (Å²) in [4.78, 5) is 36.9. The highest BCUT2D eigenvalue weighted by Gasteiger charge is 2.31. The number of quaternary nitrogens is 1. The van der Waals surface area contributed by atoms with E-state index in [-0.39, 0.29) is 42.7 Å². The number of carboxylic acids is 1. The van der Waals surface area contributed by atoms with Gasteiger partial charge in [0.15, 0.2) is 12.1 Å². The van der Waals surface area contributed by atoms with Gasteiger partial charge in [-0.25, -0.2) is 4.79 Å². The van der Waals surface area contributed by atoms with Crippen LogP contribution in [0.4, 0.5) is 0 Å². The molecule has 2 atom stereocenters. The van der Waals surface area contributed by atoms with Gasteiger partial charge in [-0.2, -0.15) is 0 Å². The van der Waals surface area contributed by atoms with E-state index in [4.69, 9.17) is 14.2 Å². The van der Waals surface area contributed by atoms with Crippen LogP contribution in [0.3, 0.4) is 0 Å². The quantitative estimate of drug-likeness (QED) is 0.0288. The third-order valence-corrected chi connectivity index (χ3v) is 9.80. The third-order valence-electron chi connectivity index (χ3n) is 9.80. The Bertz CT molecular complexity index is 984. The number of carbonyl (C=O) groups is 3. The molecule has 0 heterocycles. The minimum atomic E-state index is -0.881. The first-order valence-electron chi connectivity index (χ1n) is 22.0. The number of rotatable bonds is 39. The lowest BCUT2D eigenvalue weighted by atomic mass is 10.0. The maximum absolute atomic E-state index is 12.7. The van der Waals surface area contributed by atoms with Crippen LogP contribution in [0.15, 0.2) is 36.5 Å². The van der Waals surface area contributed by atoms with E-state index in [0.717, 1.165) is 44.9 Å². The molecule has 0 aromatic rings. The average Bonchev–Trinajstić information content (AvgIpc) is 3.12. The van der Waals surface area contributed by atoms with E-state index in [0.29, 0.717) is 19.3 Å². The van der Waals surface area contributed by atoms with Crippen molar-refractivity contribution < 1.29 is 38.2 Å². The van der Waals surface area contributed by atoms with Gasteiger partial charge in [0.2, 0.25) is 0 Å². The maximum atomic E-state index is 12.7. The number of hydrogen-bond donors (Lipinski definition) is 1. The molecular formula is C46H84NO7+. The number of ether oxygens (including phenoxy) is 3. The first kappa shape index (κ1) is 51.5. The number of nitrogens with zero attached hydrogens (tertiary/aromatic N) is 1. The van der Waals surface area contributed by atoms with Gasteiger partial charge in [0, 0.05) is 19.3 Å². The number of carbonyl (C=O) groups excluding carboxylic acids is 2. The Hall–Kier alpha value is -2.45. The number of carboxylic acid groups (broad SMARTS) is 1. The van der Waals surface area contributed by atoms with Gasteiger partial charge >= 0.3 is 17.9 Å². The number of likely N-dealkylation sites (N-methyl/N-ethyl adjacent to an activating group) is 1. The minimum Gasteiger partial charge on any atom is -0.477 e. The number of allylic oxidation sites excluding steroid dienone is 6. The molecule has 0 aromatic carbocycles. The monoisotopic (exact) mass is 763 g/mol. The van der Waals surface area contributed by atoms with Gasteiger partial charge in [0.05, 0.1) is 34.4 Å². The van der Waals surface area contributed by atoms with Crippen molar-refractivity contribution >= 4 is 17.9 Å². The molecule has 8 heteroatoms. The van der Waals surface area contributed by atoms with Crippen LogP contribution in [0.1, 0.15) is 187 Å². The van der Waals surface area contributed by atoms with Crippen LogP contribution >= 0.6 is 0 Å². The Kier molecular flexibility index (Phi) is 35.8. The van der Waals surface area contributed by atoms with Crippen LogP contribution in [0, 0.1) is 0 Å². The van der Waals surface area contributed by atoms with Gasteiger partial charge in [-0.05, 0) is 38.5 Å². The van der Waals surface area contributed by atoms with E-state index in [9.17, 15) is 19.5 Å². The third kappa shape index (κ3) is 35.3. The van der Waals surface area contributed by atoms with Gasteiger partial charge in [0.1, 0.15) is 6.61 Å². The highest BCUT2D eigenvalue weighted by Crippen LogP contribution is 2.16. The van der Waals surface area contributed by atoms with Crippen molar-refractivity contribution in [1.82, 2.24) is 0 Å². The Labute approximate surface area is 332 Å². The Morgan fingerprint density at radius 3 is 1.52 bits per heavy atom. The lowest BCUT2D eigenvalue weighted by Crippen LogP contribution is -2.50. The van der Waals surface area contributed by atoms with Crippen LogP contribution < -0.4 is 0 Å². The van der Waals surface area contributed by atoms with E-state index in [2.05, 4.69) is 50.3 Å². The molecule has 0 saturated carbocycles. The van der Waals surface area contributed by atoms with E-state index in [1.165, 1.54) is 103 Å². The standard InChI is InChI=1S/C46H83NO7/c1-6-8-10-12-14-16-18-19-20-21-22-23-24-25-27-29-31-33-35-37-45(49)54-42(40-52-39-38-43(46(50)51)47(3,4)5)41-53-44(48)36-34-32-30-28-26-17-15-13-11-9-7-2/h9,11,15,17,28,30,42-43H,6-8,10,12-14,16,18-27,29,31-41H2,1-5H3/p+1/b11-9+,17-15+,30-28+. The van der Waals surface area contributed by atoms with E-state index in [1.807, 2.05) is 21.1 Å². The zero-order valence-electron chi connectivity index (χ0n) is 35.7. The normalized spacial score (nSPS) is 13.3. The van der Waals surface area contributed by atoms with Gasteiger partial charge in [-0.15, -0.1) is 0 Å². The van der Waals surface area contributed by atoms with E-state index in [1.54, 1.807) is 0 Å². The molecule has 0 bridgehead atoms. The van der Waals surface area contributed by atoms with Crippen LogP contribution in [0.5, 0.6) is 0 Å².